The minimum absolute atomic E-state index is 0.381. The number of rotatable bonds is 4. The number of benzene rings is 3. The molecular formula is C20H13BrN2O3S. The quantitative estimate of drug-likeness (QED) is 0.357. The van der Waals surface area contributed by atoms with Gasteiger partial charge < -0.3 is 4.74 Å². The van der Waals surface area contributed by atoms with Gasteiger partial charge in [-0.1, -0.05) is 59.9 Å². The van der Waals surface area contributed by atoms with Crippen molar-refractivity contribution in [2.24, 2.45) is 0 Å². The zero-order valence-electron chi connectivity index (χ0n) is 13.9. The summed E-state index contributed by atoms with van der Waals surface area (Å²) in [5.41, 5.74) is 0.466. The summed E-state index contributed by atoms with van der Waals surface area (Å²) in [7, 11) is 0. The molecule has 134 valence electrons. The van der Waals surface area contributed by atoms with Crippen LogP contribution < -0.4 is 5.32 Å². The highest BCUT2D eigenvalue weighted by atomic mass is 79.9. The van der Waals surface area contributed by atoms with E-state index in [0.717, 1.165) is 25.3 Å². The van der Waals surface area contributed by atoms with Crippen LogP contribution in [0.1, 0.15) is 10.4 Å². The first kappa shape index (κ1) is 17.6. The molecule has 0 atom stereocenters. The maximum Gasteiger partial charge on any atom is 0.339 e. The van der Waals surface area contributed by atoms with Crippen LogP contribution in [0, 0.1) is 0 Å². The lowest BCUT2D eigenvalue weighted by Crippen LogP contribution is -2.21. The third-order valence-corrected chi connectivity index (χ3v) is 5.43. The van der Waals surface area contributed by atoms with E-state index >= 15 is 0 Å². The summed E-state index contributed by atoms with van der Waals surface area (Å²) in [5, 5.41) is 6.53. The molecule has 5 nitrogen and oxygen atoms in total. The van der Waals surface area contributed by atoms with Gasteiger partial charge in [0.1, 0.15) is 0 Å². The Balaban J connectivity index is 1.60. The lowest BCUT2D eigenvalue weighted by molar-refractivity contribution is -0.119. The number of hydrogen-bond donors (Lipinski definition) is 1. The number of amides is 1. The van der Waals surface area contributed by atoms with Crippen molar-refractivity contribution in [1.29, 1.82) is 0 Å². The van der Waals surface area contributed by atoms with Crippen molar-refractivity contribution in [1.82, 2.24) is 4.98 Å². The lowest BCUT2D eigenvalue weighted by Gasteiger charge is -2.11. The number of nitrogens with one attached hydrogen (secondary N) is 1. The molecule has 7 heteroatoms. The highest BCUT2D eigenvalue weighted by Crippen LogP contribution is 2.29. The molecule has 1 heterocycles. The number of carbonyl (C=O) groups excluding carboxylic acids is 2. The minimum atomic E-state index is -0.529. The molecular weight excluding hydrogens is 428 g/mol. The van der Waals surface area contributed by atoms with Gasteiger partial charge in [0.05, 0.1) is 15.5 Å². The zero-order valence-corrected chi connectivity index (χ0v) is 16.3. The van der Waals surface area contributed by atoms with Crippen molar-refractivity contribution >= 4 is 65.8 Å². The van der Waals surface area contributed by atoms with Crippen molar-refractivity contribution < 1.29 is 14.3 Å². The smallest absolute Gasteiger partial charge is 0.339 e. The third-order valence-electron chi connectivity index (χ3n) is 4.03. The maximum absolute atomic E-state index is 12.8. The molecule has 0 spiro atoms. The Morgan fingerprint density at radius 3 is 2.26 bits per heavy atom. The molecule has 0 unspecified atom stereocenters. The largest absolute Gasteiger partial charge is 0.452 e. The molecule has 4 aromatic rings. The summed E-state index contributed by atoms with van der Waals surface area (Å²) >= 11 is 4.56. The van der Waals surface area contributed by atoms with Crippen LogP contribution in [0.3, 0.4) is 0 Å². The van der Waals surface area contributed by atoms with Gasteiger partial charge >= 0.3 is 5.97 Å². The van der Waals surface area contributed by atoms with Gasteiger partial charge in [0, 0.05) is 0 Å². The number of nitrogens with zero attached hydrogens (tertiary/aromatic N) is 1. The number of fused-ring (bicyclic) bond motifs is 2. The standard InChI is InChI=1S/C20H13BrN2O3S/c21-16-10-22-20(27-16)23-17(24)11-26-19(25)18-14-7-3-1-5-12(14)9-13-6-2-4-8-15(13)18/h1-10H,11H2,(H,22,23,24). The molecule has 0 aliphatic carbocycles. The second-order valence-electron chi connectivity index (χ2n) is 5.79. The topological polar surface area (TPSA) is 68.3 Å². The van der Waals surface area contributed by atoms with Crippen LogP contribution in [0.2, 0.25) is 0 Å². The van der Waals surface area contributed by atoms with E-state index in [4.69, 9.17) is 4.74 Å². The number of anilines is 1. The minimum Gasteiger partial charge on any atom is -0.452 e. The molecule has 1 aromatic heterocycles. The summed E-state index contributed by atoms with van der Waals surface area (Å²) in [6.07, 6.45) is 1.59. The van der Waals surface area contributed by atoms with Gasteiger partial charge in [0.2, 0.25) is 0 Å². The van der Waals surface area contributed by atoms with Crippen molar-refractivity contribution in [3.63, 3.8) is 0 Å². The van der Waals surface area contributed by atoms with Crippen LogP contribution in [0.5, 0.6) is 0 Å². The summed E-state index contributed by atoms with van der Waals surface area (Å²) < 4.78 is 6.10. The number of aromatic nitrogens is 1. The molecule has 0 bridgehead atoms. The molecule has 1 N–H and O–H groups in total. The van der Waals surface area contributed by atoms with Crippen molar-refractivity contribution in [2.75, 3.05) is 11.9 Å². The maximum atomic E-state index is 12.8. The van der Waals surface area contributed by atoms with E-state index in [1.165, 1.54) is 11.3 Å². The molecule has 3 aromatic carbocycles. The third kappa shape index (κ3) is 3.70. The highest BCUT2D eigenvalue weighted by molar-refractivity contribution is 9.11. The number of halogens is 1. The first-order chi connectivity index (χ1) is 13.1. The van der Waals surface area contributed by atoms with E-state index in [2.05, 4.69) is 26.2 Å². The van der Waals surface area contributed by atoms with E-state index in [-0.39, 0.29) is 6.61 Å². The average molecular weight is 441 g/mol. The number of esters is 1. The molecule has 0 aliphatic heterocycles. The first-order valence-electron chi connectivity index (χ1n) is 8.10. The van der Waals surface area contributed by atoms with E-state index in [1.807, 2.05) is 54.6 Å². The van der Waals surface area contributed by atoms with Gasteiger partial charge in [-0.15, -0.1) is 0 Å². The highest BCUT2D eigenvalue weighted by Gasteiger charge is 2.17. The van der Waals surface area contributed by atoms with Crippen LogP contribution in [0.15, 0.2) is 64.6 Å². The average Bonchev–Trinajstić information content (AvgIpc) is 3.08. The predicted molar refractivity (Wildman–Crippen MR) is 110 cm³/mol. The predicted octanol–water partition coefficient (Wildman–Crippen LogP) is 5.01. The van der Waals surface area contributed by atoms with E-state index < -0.39 is 11.9 Å². The SMILES string of the molecule is O=C(COC(=O)c1c2ccccc2cc2ccccc12)Nc1ncc(Br)s1. The van der Waals surface area contributed by atoms with Crippen LogP contribution in [0.4, 0.5) is 5.13 Å². The van der Waals surface area contributed by atoms with Crippen LogP contribution >= 0.6 is 27.3 Å². The van der Waals surface area contributed by atoms with Crippen LogP contribution in [-0.4, -0.2) is 23.5 Å². The molecule has 0 radical (unpaired) electrons. The summed E-state index contributed by atoms with van der Waals surface area (Å²) in [6, 6.07) is 17.3. The van der Waals surface area contributed by atoms with Crippen molar-refractivity contribution in [3.05, 3.63) is 70.1 Å². The van der Waals surface area contributed by atoms with Gasteiger partial charge in [0.25, 0.3) is 5.91 Å². The Morgan fingerprint density at radius 2 is 1.67 bits per heavy atom. The molecule has 0 aliphatic rings. The number of hydrogen-bond acceptors (Lipinski definition) is 5. The van der Waals surface area contributed by atoms with Gasteiger partial charge in [-0.3, -0.25) is 10.1 Å². The zero-order chi connectivity index (χ0) is 18.8. The monoisotopic (exact) mass is 440 g/mol. The molecule has 0 saturated carbocycles. The molecule has 0 saturated heterocycles. The van der Waals surface area contributed by atoms with Gasteiger partial charge in [-0.25, -0.2) is 9.78 Å². The lowest BCUT2D eigenvalue weighted by atomic mass is 9.97. The fourth-order valence-corrected chi connectivity index (χ4v) is 4.03. The molecule has 0 fully saturated rings. The fourth-order valence-electron chi connectivity index (χ4n) is 2.90. The Bertz CT molecular complexity index is 1120. The number of carbonyl (C=O) groups is 2. The number of ether oxygens (including phenoxy) is 1. The molecule has 1 amide bonds. The van der Waals surface area contributed by atoms with Crippen molar-refractivity contribution in [3.8, 4) is 0 Å². The van der Waals surface area contributed by atoms with E-state index in [0.29, 0.717) is 10.7 Å². The normalized spacial score (nSPS) is 10.9. The fraction of sp³-hybridized carbons (Fsp3) is 0.0500. The van der Waals surface area contributed by atoms with Gasteiger partial charge in [-0.2, -0.15) is 0 Å². The Labute approximate surface area is 167 Å². The van der Waals surface area contributed by atoms with E-state index in [9.17, 15) is 9.59 Å². The first-order valence-corrected chi connectivity index (χ1v) is 9.71. The summed E-state index contributed by atoms with van der Waals surface area (Å²) in [5.74, 6) is -0.965. The Kier molecular flexibility index (Phi) is 4.87. The van der Waals surface area contributed by atoms with Gasteiger partial charge in [-0.05, 0) is 43.5 Å². The molecule has 27 heavy (non-hydrogen) atoms. The molecule has 4 rings (SSSR count). The van der Waals surface area contributed by atoms with Crippen molar-refractivity contribution in [2.45, 2.75) is 0 Å². The van der Waals surface area contributed by atoms with Gasteiger partial charge in [0.15, 0.2) is 11.7 Å². The van der Waals surface area contributed by atoms with Crippen LogP contribution in [-0.2, 0) is 9.53 Å². The second kappa shape index (κ2) is 7.46. The Hall–Kier alpha value is -2.77. The second-order valence-corrected chi connectivity index (χ2v) is 8.20. The summed E-state index contributed by atoms with van der Waals surface area (Å²) in [6.45, 7) is -0.381. The number of thiazole rings is 1. The van der Waals surface area contributed by atoms with E-state index in [1.54, 1.807) is 6.20 Å². The summed E-state index contributed by atoms with van der Waals surface area (Å²) in [4.78, 5) is 28.9. The Morgan fingerprint density at radius 1 is 1.04 bits per heavy atom. The van der Waals surface area contributed by atoms with Crippen LogP contribution in [0.25, 0.3) is 21.5 Å².